The maximum Gasteiger partial charge on any atom is 0.0876 e. The van der Waals surface area contributed by atoms with Crippen molar-refractivity contribution >= 4 is 0 Å². The SMILES string of the molecule is C1=COCCC1.CCO. The normalized spacial score (nSPS) is 15.3. The van der Waals surface area contributed by atoms with Gasteiger partial charge in [0.15, 0.2) is 0 Å². The number of ether oxygens (including phenoxy) is 1. The molecule has 54 valence electrons. The molecular weight excluding hydrogens is 116 g/mol. The van der Waals surface area contributed by atoms with Crippen LogP contribution in [0.4, 0.5) is 0 Å². The fourth-order valence-electron chi connectivity index (χ4n) is 0.489. The van der Waals surface area contributed by atoms with E-state index in [-0.39, 0.29) is 6.61 Å². The molecule has 0 atom stereocenters. The van der Waals surface area contributed by atoms with Crippen molar-refractivity contribution in [2.45, 2.75) is 19.8 Å². The van der Waals surface area contributed by atoms with Crippen LogP contribution in [0, 0.1) is 0 Å². The lowest BCUT2D eigenvalue weighted by Crippen LogP contribution is -1.90. The number of allylic oxidation sites excluding steroid dienone is 1. The van der Waals surface area contributed by atoms with Crippen molar-refractivity contribution < 1.29 is 9.84 Å². The molecule has 0 aromatic carbocycles. The van der Waals surface area contributed by atoms with Crippen LogP contribution in [-0.2, 0) is 4.74 Å². The first kappa shape index (κ1) is 8.50. The predicted molar refractivity (Wildman–Crippen MR) is 37.1 cm³/mol. The molecule has 1 aliphatic rings. The van der Waals surface area contributed by atoms with Crippen LogP contribution < -0.4 is 0 Å². The van der Waals surface area contributed by atoms with Gasteiger partial charge in [-0.1, -0.05) is 0 Å². The van der Waals surface area contributed by atoms with E-state index >= 15 is 0 Å². The van der Waals surface area contributed by atoms with E-state index in [0.717, 1.165) is 6.61 Å². The molecule has 0 saturated heterocycles. The van der Waals surface area contributed by atoms with Crippen molar-refractivity contribution in [3.63, 3.8) is 0 Å². The maximum atomic E-state index is 7.57. The second kappa shape index (κ2) is 7.50. The van der Waals surface area contributed by atoms with Crippen LogP contribution in [0.25, 0.3) is 0 Å². The number of aliphatic hydroxyl groups excluding tert-OH is 1. The molecule has 0 radical (unpaired) electrons. The van der Waals surface area contributed by atoms with Gasteiger partial charge in [0.2, 0.25) is 0 Å². The summed E-state index contributed by atoms with van der Waals surface area (Å²) >= 11 is 0. The van der Waals surface area contributed by atoms with Gasteiger partial charge in [0, 0.05) is 6.61 Å². The third-order valence-corrected chi connectivity index (χ3v) is 0.825. The number of rotatable bonds is 0. The van der Waals surface area contributed by atoms with Crippen LogP contribution >= 0.6 is 0 Å². The molecule has 0 spiro atoms. The Morgan fingerprint density at radius 3 is 2.44 bits per heavy atom. The second-order valence-corrected chi connectivity index (χ2v) is 1.70. The summed E-state index contributed by atoms with van der Waals surface area (Å²) in [6, 6.07) is 0. The molecule has 0 aromatic heterocycles. The summed E-state index contributed by atoms with van der Waals surface area (Å²) in [4.78, 5) is 0. The van der Waals surface area contributed by atoms with Gasteiger partial charge in [-0.05, 0) is 25.8 Å². The van der Waals surface area contributed by atoms with Gasteiger partial charge in [-0.2, -0.15) is 0 Å². The fraction of sp³-hybridized carbons (Fsp3) is 0.714. The lowest BCUT2D eigenvalue weighted by Gasteiger charge is -2.01. The highest BCUT2D eigenvalue weighted by molar-refractivity contribution is 4.76. The minimum absolute atomic E-state index is 0.250. The quantitative estimate of drug-likeness (QED) is 0.535. The summed E-state index contributed by atoms with van der Waals surface area (Å²) in [5.74, 6) is 0. The molecular formula is C7H14O2. The zero-order valence-electron chi connectivity index (χ0n) is 5.84. The minimum Gasteiger partial charge on any atom is -0.502 e. The van der Waals surface area contributed by atoms with Crippen LogP contribution in [0.5, 0.6) is 0 Å². The Balaban J connectivity index is 0.000000187. The molecule has 1 aliphatic heterocycles. The lowest BCUT2D eigenvalue weighted by molar-refractivity contribution is 0.231. The highest BCUT2D eigenvalue weighted by atomic mass is 16.5. The smallest absolute Gasteiger partial charge is 0.0876 e. The van der Waals surface area contributed by atoms with Crippen molar-refractivity contribution in [3.8, 4) is 0 Å². The fourth-order valence-corrected chi connectivity index (χ4v) is 0.489. The minimum atomic E-state index is 0.250. The average molecular weight is 130 g/mol. The van der Waals surface area contributed by atoms with Gasteiger partial charge in [0.25, 0.3) is 0 Å². The van der Waals surface area contributed by atoms with Gasteiger partial charge < -0.3 is 9.84 Å². The van der Waals surface area contributed by atoms with Gasteiger partial charge in [0.1, 0.15) is 0 Å². The highest BCUT2D eigenvalue weighted by Crippen LogP contribution is 1.97. The van der Waals surface area contributed by atoms with Crippen LogP contribution in [0.1, 0.15) is 19.8 Å². The average Bonchev–Trinajstić information content (AvgIpc) is 1.93. The van der Waals surface area contributed by atoms with E-state index < -0.39 is 0 Å². The number of hydrogen-bond acceptors (Lipinski definition) is 2. The van der Waals surface area contributed by atoms with Crippen LogP contribution in [0.3, 0.4) is 0 Å². The summed E-state index contributed by atoms with van der Waals surface area (Å²) < 4.78 is 4.89. The van der Waals surface area contributed by atoms with Crippen LogP contribution in [0.15, 0.2) is 12.3 Å². The molecule has 0 fully saturated rings. The van der Waals surface area contributed by atoms with Crippen LogP contribution in [0.2, 0.25) is 0 Å². The Bertz CT molecular complexity index is 61.3. The monoisotopic (exact) mass is 130 g/mol. The summed E-state index contributed by atoms with van der Waals surface area (Å²) in [6.45, 7) is 2.84. The number of hydrogen-bond donors (Lipinski definition) is 1. The third-order valence-electron chi connectivity index (χ3n) is 0.825. The predicted octanol–water partition coefficient (Wildman–Crippen LogP) is 1.31. The molecule has 0 bridgehead atoms. The van der Waals surface area contributed by atoms with E-state index in [4.69, 9.17) is 9.84 Å². The Hall–Kier alpha value is -0.500. The topological polar surface area (TPSA) is 29.5 Å². The van der Waals surface area contributed by atoms with Crippen molar-refractivity contribution in [3.05, 3.63) is 12.3 Å². The second-order valence-electron chi connectivity index (χ2n) is 1.70. The molecule has 2 heteroatoms. The molecule has 0 aromatic rings. The Morgan fingerprint density at radius 2 is 2.33 bits per heavy atom. The molecule has 9 heavy (non-hydrogen) atoms. The molecule has 0 amide bonds. The van der Waals surface area contributed by atoms with E-state index in [0.29, 0.717) is 0 Å². The van der Waals surface area contributed by atoms with Gasteiger partial charge >= 0.3 is 0 Å². The molecule has 2 nitrogen and oxygen atoms in total. The van der Waals surface area contributed by atoms with E-state index in [1.54, 1.807) is 13.2 Å². The van der Waals surface area contributed by atoms with Gasteiger partial charge in [-0.15, -0.1) is 0 Å². The summed E-state index contributed by atoms with van der Waals surface area (Å²) in [5.41, 5.74) is 0. The first-order chi connectivity index (χ1) is 4.41. The van der Waals surface area contributed by atoms with Gasteiger partial charge in [-0.3, -0.25) is 0 Å². The van der Waals surface area contributed by atoms with Crippen molar-refractivity contribution in [1.29, 1.82) is 0 Å². The number of aliphatic hydroxyl groups is 1. The van der Waals surface area contributed by atoms with E-state index in [2.05, 4.69) is 0 Å². The van der Waals surface area contributed by atoms with Gasteiger partial charge in [-0.25, -0.2) is 0 Å². The molecule has 0 aliphatic carbocycles. The Labute approximate surface area is 56.1 Å². The Kier molecular flexibility index (Phi) is 7.08. The van der Waals surface area contributed by atoms with E-state index in [1.807, 2.05) is 6.08 Å². The van der Waals surface area contributed by atoms with Crippen molar-refractivity contribution in [2.75, 3.05) is 13.2 Å². The van der Waals surface area contributed by atoms with Crippen molar-refractivity contribution in [1.82, 2.24) is 0 Å². The standard InChI is InChI=1S/C5H8O.C2H6O/c1-2-4-6-5-3-1;1-2-3/h2,4H,1,3,5H2;3H,2H2,1H3. The van der Waals surface area contributed by atoms with Gasteiger partial charge in [0.05, 0.1) is 12.9 Å². The third kappa shape index (κ3) is 7.50. The molecule has 1 N–H and O–H groups in total. The van der Waals surface area contributed by atoms with Crippen molar-refractivity contribution in [2.24, 2.45) is 0 Å². The molecule has 1 heterocycles. The zero-order valence-corrected chi connectivity index (χ0v) is 5.84. The first-order valence-electron chi connectivity index (χ1n) is 3.29. The van der Waals surface area contributed by atoms with Crippen LogP contribution in [-0.4, -0.2) is 18.3 Å². The molecule has 1 rings (SSSR count). The molecule has 0 unspecified atom stereocenters. The first-order valence-corrected chi connectivity index (χ1v) is 3.29. The largest absolute Gasteiger partial charge is 0.502 e. The van der Waals surface area contributed by atoms with E-state index in [9.17, 15) is 0 Å². The summed E-state index contributed by atoms with van der Waals surface area (Å²) in [7, 11) is 0. The lowest BCUT2D eigenvalue weighted by atomic mass is 10.3. The summed E-state index contributed by atoms with van der Waals surface area (Å²) in [6.07, 6.45) is 6.20. The Morgan fingerprint density at radius 1 is 1.67 bits per heavy atom. The molecule has 0 saturated carbocycles. The van der Waals surface area contributed by atoms with E-state index in [1.165, 1.54) is 12.8 Å². The highest BCUT2D eigenvalue weighted by Gasteiger charge is 1.86. The maximum absolute atomic E-state index is 7.57. The summed E-state index contributed by atoms with van der Waals surface area (Å²) in [5, 5.41) is 7.57. The zero-order chi connectivity index (χ0) is 6.95.